The molecule has 2 aromatic rings. The van der Waals surface area contributed by atoms with Gasteiger partial charge >= 0.3 is 0 Å². The highest BCUT2D eigenvalue weighted by Gasteiger charge is 2.15. The molecule has 0 unspecified atom stereocenters. The van der Waals surface area contributed by atoms with Crippen LogP contribution in [0.1, 0.15) is 29.9 Å². The SMILES string of the molecule is CCN(CC)CC(=O)c1cccn1Cc1ccc(Cl)cc1F. The predicted molar refractivity (Wildman–Crippen MR) is 87.1 cm³/mol. The third kappa shape index (κ3) is 3.96. The van der Waals surface area contributed by atoms with Crippen LogP contribution in [0.3, 0.4) is 0 Å². The van der Waals surface area contributed by atoms with E-state index >= 15 is 0 Å². The van der Waals surface area contributed by atoms with E-state index in [0.717, 1.165) is 13.1 Å². The van der Waals surface area contributed by atoms with Gasteiger partial charge in [0.15, 0.2) is 5.78 Å². The average molecular weight is 323 g/mol. The van der Waals surface area contributed by atoms with Gasteiger partial charge in [0.25, 0.3) is 0 Å². The molecule has 0 aliphatic heterocycles. The van der Waals surface area contributed by atoms with Crippen molar-refractivity contribution in [2.75, 3.05) is 19.6 Å². The minimum atomic E-state index is -0.358. The van der Waals surface area contributed by atoms with Crippen molar-refractivity contribution >= 4 is 17.4 Å². The predicted octanol–water partition coefficient (Wildman–Crippen LogP) is 3.85. The molecule has 0 radical (unpaired) electrons. The molecule has 0 atom stereocenters. The van der Waals surface area contributed by atoms with Crippen molar-refractivity contribution in [1.29, 1.82) is 0 Å². The number of nitrogens with zero attached hydrogens (tertiary/aromatic N) is 2. The number of ketones is 1. The van der Waals surface area contributed by atoms with Gasteiger partial charge in [-0.15, -0.1) is 0 Å². The van der Waals surface area contributed by atoms with Crippen molar-refractivity contribution in [2.24, 2.45) is 0 Å². The molecule has 3 nitrogen and oxygen atoms in total. The molecule has 1 aromatic heterocycles. The van der Waals surface area contributed by atoms with Gasteiger partial charge in [-0.05, 0) is 37.4 Å². The van der Waals surface area contributed by atoms with Gasteiger partial charge in [-0.3, -0.25) is 9.69 Å². The lowest BCUT2D eigenvalue weighted by Crippen LogP contribution is -2.30. The minimum Gasteiger partial charge on any atom is -0.341 e. The molecular weight excluding hydrogens is 303 g/mol. The normalized spacial score (nSPS) is 11.1. The van der Waals surface area contributed by atoms with Gasteiger partial charge in [-0.25, -0.2) is 4.39 Å². The number of halogens is 2. The van der Waals surface area contributed by atoms with Gasteiger partial charge < -0.3 is 4.57 Å². The van der Waals surface area contributed by atoms with Gasteiger partial charge in [0.05, 0.1) is 18.8 Å². The van der Waals surface area contributed by atoms with E-state index in [-0.39, 0.29) is 11.6 Å². The smallest absolute Gasteiger partial charge is 0.193 e. The maximum atomic E-state index is 13.9. The van der Waals surface area contributed by atoms with Crippen LogP contribution in [0.15, 0.2) is 36.5 Å². The molecule has 22 heavy (non-hydrogen) atoms. The maximum absolute atomic E-state index is 13.9. The van der Waals surface area contributed by atoms with Crippen LogP contribution in [-0.2, 0) is 6.54 Å². The molecule has 0 fully saturated rings. The molecule has 0 amide bonds. The first-order chi connectivity index (χ1) is 10.5. The first kappa shape index (κ1) is 16.7. The van der Waals surface area contributed by atoms with Crippen LogP contribution in [-0.4, -0.2) is 34.9 Å². The quantitative estimate of drug-likeness (QED) is 0.723. The van der Waals surface area contributed by atoms with E-state index in [9.17, 15) is 9.18 Å². The number of hydrogen-bond acceptors (Lipinski definition) is 2. The highest BCUT2D eigenvalue weighted by atomic mass is 35.5. The number of aromatic nitrogens is 1. The lowest BCUT2D eigenvalue weighted by Gasteiger charge is -2.17. The van der Waals surface area contributed by atoms with Crippen molar-refractivity contribution in [2.45, 2.75) is 20.4 Å². The van der Waals surface area contributed by atoms with Crippen LogP contribution in [0.25, 0.3) is 0 Å². The maximum Gasteiger partial charge on any atom is 0.193 e. The van der Waals surface area contributed by atoms with Gasteiger partial charge in [0, 0.05) is 16.8 Å². The Kier molecular flexibility index (Phi) is 5.75. The highest BCUT2D eigenvalue weighted by molar-refractivity contribution is 6.30. The summed E-state index contributed by atoms with van der Waals surface area (Å²) in [6, 6.07) is 8.18. The Balaban J connectivity index is 2.17. The Bertz CT molecular complexity index is 650. The first-order valence-electron chi connectivity index (χ1n) is 7.39. The van der Waals surface area contributed by atoms with E-state index in [2.05, 4.69) is 4.90 Å². The summed E-state index contributed by atoms with van der Waals surface area (Å²) < 4.78 is 15.7. The van der Waals surface area contributed by atoms with Crippen molar-refractivity contribution in [3.05, 3.63) is 58.6 Å². The van der Waals surface area contributed by atoms with E-state index < -0.39 is 0 Å². The van der Waals surface area contributed by atoms with Crippen LogP contribution < -0.4 is 0 Å². The summed E-state index contributed by atoms with van der Waals surface area (Å²) in [6.45, 7) is 6.40. The van der Waals surface area contributed by atoms with Gasteiger partial charge in [-0.2, -0.15) is 0 Å². The number of carbonyl (C=O) groups is 1. The summed E-state index contributed by atoms with van der Waals surface area (Å²) in [6.07, 6.45) is 1.80. The van der Waals surface area contributed by atoms with Crippen LogP contribution in [0, 0.1) is 5.82 Å². The molecule has 0 aliphatic rings. The molecule has 1 aromatic carbocycles. The third-order valence-corrected chi connectivity index (χ3v) is 3.97. The molecule has 0 saturated heterocycles. The zero-order valence-electron chi connectivity index (χ0n) is 12.9. The summed E-state index contributed by atoms with van der Waals surface area (Å²) in [5.41, 5.74) is 1.11. The van der Waals surface area contributed by atoms with E-state index in [1.54, 1.807) is 29.0 Å². The fraction of sp³-hybridized carbons (Fsp3) is 0.353. The zero-order valence-corrected chi connectivity index (χ0v) is 13.6. The second kappa shape index (κ2) is 7.56. The second-order valence-corrected chi connectivity index (χ2v) is 5.58. The molecule has 5 heteroatoms. The number of Topliss-reactive ketones (excluding diaryl/α,β-unsaturated/α-hetero) is 1. The van der Waals surface area contributed by atoms with Gasteiger partial charge in [-0.1, -0.05) is 31.5 Å². The summed E-state index contributed by atoms with van der Waals surface area (Å²) in [4.78, 5) is 14.5. The van der Waals surface area contributed by atoms with Crippen molar-refractivity contribution in [1.82, 2.24) is 9.47 Å². The van der Waals surface area contributed by atoms with Gasteiger partial charge in [0.1, 0.15) is 5.82 Å². The monoisotopic (exact) mass is 322 g/mol. The average Bonchev–Trinajstić information content (AvgIpc) is 2.95. The second-order valence-electron chi connectivity index (χ2n) is 5.14. The molecule has 2 rings (SSSR count). The summed E-state index contributed by atoms with van der Waals surface area (Å²) >= 11 is 5.76. The fourth-order valence-corrected chi connectivity index (χ4v) is 2.53. The summed E-state index contributed by atoms with van der Waals surface area (Å²) in [7, 11) is 0. The summed E-state index contributed by atoms with van der Waals surface area (Å²) in [5, 5.41) is 0.367. The van der Waals surface area contributed by atoms with Crippen LogP contribution in [0.2, 0.25) is 5.02 Å². The largest absolute Gasteiger partial charge is 0.341 e. The number of carbonyl (C=O) groups excluding carboxylic acids is 1. The van der Waals surface area contributed by atoms with Gasteiger partial charge in [0.2, 0.25) is 0 Å². The molecule has 118 valence electrons. The van der Waals surface area contributed by atoms with Crippen LogP contribution >= 0.6 is 11.6 Å². The van der Waals surface area contributed by atoms with Crippen molar-refractivity contribution in [3.63, 3.8) is 0 Å². The standard InChI is InChI=1S/C17H20ClFN2O/c1-3-20(4-2)12-17(22)16-6-5-9-21(16)11-13-7-8-14(18)10-15(13)19/h5-10H,3-4,11-12H2,1-2H3. The molecule has 0 bridgehead atoms. The zero-order chi connectivity index (χ0) is 16.1. The van der Waals surface area contributed by atoms with Crippen molar-refractivity contribution in [3.8, 4) is 0 Å². The van der Waals surface area contributed by atoms with E-state index in [0.29, 0.717) is 29.4 Å². The number of benzene rings is 1. The Morgan fingerprint density at radius 1 is 1.27 bits per heavy atom. The number of likely N-dealkylation sites (N-methyl/N-ethyl adjacent to an activating group) is 1. The van der Waals surface area contributed by atoms with Crippen LogP contribution in [0.5, 0.6) is 0 Å². The Labute approximate surface area is 135 Å². The summed E-state index contributed by atoms with van der Waals surface area (Å²) in [5.74, 6) is -0.314. The lowest BCUT2D eigenvalue weighted by atomic mass is 10.2. The van der Waals surface area contributed by atoms with E-state index in [4.69, 9.17) is 11.6 Å². The molecule has 0 saturated carbocycles. The van der Waals surface area contributed by atoms with Crippen molar-refractivity contribution < 1.29 is 9.18 Å². The number of hydrogen-bond donors (Lipinski definition) is 0. The van der Waals surface area contributed by atoms with E-state index in [1.807, 2.05) is 19.9 Å². The fourth-order valence-electron chi connectivity index (χ4n) is 2.37. The third-order valence-electron chi connectivity index (χ3n) is 3.73. The molecule has 1 heterocycles. The Hall–Kier alpha value is -1.65. The molecular formula is C17H20ClFN2O. The lowest BCUT2D eigenvalue weighted by molar-refractivity contribution is 0.0928. The topological polar surface area (TPSA) is 25.2 Å². The minimum absolute atomic E-state index is 0.0445. The number of rotatable bonds is 7. The van der Waals surface area contributed by atoms with Crippen LogP contribution in [0.4, 0.5) is 4.39 Å². The Morgan fingerprint density at radius 3 is 2.64 bits per heavy atom. The molecule has 0 spiro atoms. The molecule has 0 aliphatic carbocycles. The highest BCUT2D eigenvalue weighted by Crippen LogP contribution is 2.17. The molecule has 0 N–H and O–H groups in total. The Morgan fingerprint density at radius 2 is 2.00 bits per heavy atom. The first-order valence-corrected chi connectivity index (χ1v) is 7.77. The van der Waals surface area contributed by atoms with E-state index in [1.165, 1.54) is 6.07 Å².